The van der Waals surface area contributed by atoms with Gasteiger partial charge < -0.3 is 4.74 Å². The van der Waals surface area contributed by atoms with Crippen LogP contribution in [0, 0.1) is 0 Å². The number of benzene rings is 1. The summed E-state index contributed by atoms with van der Waals surface area (Å²) in [6.07, 6.45) is 0. The Hall–Kier alpha value is -0.410. The summed E-state index contributed by atoms with van der Waals surface area (Å²) < 4.78 is 5.93. The molecule has 58 valence electrons. The summed E-state index contributed by atoms with van der Waals surface area (Å²) in [5, 5.41) is 0.525. The van der Waals surface area contributed by atoms with Crippen molar-refractivity contribution < 1.29 is 4.74 Å². The van der Waals surface area contributed by atoms with Crippen molar-refractivity contribution in [2.45, 2.75) is 0 Å². The number of ether oxygens (including phenoxy) is 1. The molecule has 0 amide bonds. The molecule has 0 heterocycles. The van der Waals surface area contributed by atoms with Gasteiger partial charge in [0.25, 0.3) is 0 Å². The monoisotopic (exact) mass is 230 g/mol. The Morgan fingerprint density at radius 1 is 1.36 bits per heavy atom. The maximum atomic E-state index is 4.93. The normalized spacial score (nSPS) is 9.27. The van der Waals surface area contributed by atoms with Crippen LogP contribution in [0.15, 0.2) is 28.7 Å². The number of hydrogen-bond acceptors (Lipinski definition) is 2. The summed E-state index contributed by atoms with van der Waals surface area (Å²) >= 11 is 8.26. The van der Waals surface area contributed by atoms with Crippen LogP contribution >= 0.6 is 28.1 Å². The Morgan fingerprint density at radius 3 is 2.36 bits per heavy atom. The molecule has 1 rings (SSSR count). The molecule has 0 aliphatic rings. The van der Waals surface area contributed by atoms with Crippen molar-refractivity contribution in [3.63, 3.8) is 0 Å². The highest BCUT2D eigenvalue weighted by molar-refractivity contribution is 9.10. The lowest BCUT2D eigenvalue weighted by Gasteiger charge is -2.00. The molecule has 11 heavy (non-hydrogen) atoms. The molecule has 0 atom stereocenters. The molecule has 0 bridgehead atoms. The summed E-state index contributed by atoms with van der Waals surface area (Å²) in [5.41, 5.74) is 0.936. The van der Waals surface area contributed by atoms with Gasteiger partial charge in [0.05, 0.1) is 7.11 Å². The van der Waals surface area contributed by atoms with Crippen LogP contribution in [0.5, 0.6) is 0 Å². The van der Waals surface area contributed by atoms with Crippen molar-refractivity contribution in [2.24, 2.45) is 0 Å². The Labute approximate surface area is 79.5 Å². The standard InChI is InChI=1S/C8H7BrOS/c1-10-8(11)6-2-4-7(9)5-3-6/h2-5H,1H3. The van der Waals surface area contributed by atoms with Crippen LogP contribution in [0.4, 0.5) is 0 Å². The lowest BCUT2D eigenvalue weighted by molar-refractivity contribution is 0.416. The molecule has 0 unspecified atom stereocenters. The smallest absolute Gasteiger partial charge is 0.190 e. The third-order valence-corrected chi connectivity index (χ3v) is 2.20. The van der Waals surface area contributed by atoms with Crippen LogP contribution in [-0.2, 0) is 4.74 Å². The lowest BCUT2D eigenvalue weighted by Crippen LogP contribution is -1.98. The number of rotatable bonds is 1. The Balaban J connectivity index is 2.90. The molecule has 0 fully saturated rings. The quantitative estimate of drug-likeness (QED) is 0.687. The van der Waals surface area contributed by atoms with Crippen LogP contribution in [0.25, 0.3) is 0 Å². The van der Waals surface area contributed by atoms with Crippen LogP contribution in [-0.4, -0.2) is 12.2 Å². The van der Waals surface area contributed by atoms with Gasteiger partial charge in [-0.3, -0.25) is 0 Å². The molecule has 0 saturated heterocycles. The predicted octanol–water partition coefficient (Wildman–Crippen LogP) is 2.77. The summed E-state index contributed by atoms with van der Waals surface area (Å²) in [4.78, 5) is 0. The van der Waals surface area contributed by atoms with Crippen molar-refractivity contribution >= 4 is 33.2 Å². The highest BCUT2D eigenvalue weighted by atomic mass is 79.9. The zero-order chi connectivity index (χ0) is 8.27. The number of hydrogen-bond donors (Lipinski definition) is 0. The first-order valence-electron chi connectivity index (χ1n) is 3.08. The van der Waals surface area contributed by atoms with E-state index in [2.05, 4.69) is 15.9 Å². The summed E-state index contributed by atoms with van der Waals surface area (Å²) in [5.74, 6) is 0. The fourth-order valence-electron chi connectivity index (χ4n) is 0.704. The Kier molecular flexibility index (Phi) is 3.02. The topological polar surface area (TPSA) is 9.23 Å². The van der Waals surface area contributed by atoms with Crippen molar-refractivity contribution in [2.75, 3.05) is 7.11 Å². The first kappa shape index (κ1) is 8.68. The fourth-order valence-corrected chi connectivity index (χ4v) is 1.10. The third kappa shape index (κ3) is 2.27. The molecule has 0 spiro atoms. The van der Waals surface area contributed by atoms with E-state index in [4.69, 9.17) is 17.0 Å². The van der Waals surface area contributed by atoms with E-state index in [0.29, 0.717) is 5.05 Å². The van der Waals surface area contributed by atoms with E-state index in [0.717, 1.165) is 10.0 Å². The molecule has 0 saturated carbocycles. The second kappa shape index (κ2) is 3.83. The SMILES string of the molecule is COC(=S)c1ccc(Br)cc1. The van der Waals surface area contributed by atoms with E-state index in [1.165, 1.54) is 0 Å². The highest BCUT2D eigenvalue weighted by Gasteiger charge is 1.97. The van der Waals surface area contributed by atoms with Crippen LogP contribution < -0.4 is 0 Å². The van der Waals surface area contributed by atoms with Gasteiger partial charge in [0.15, 0.2) is 5.05 Å². The highest BCUT2D eigenvalue weighted by Crippen LogP contribution is 2.11. The third-order valence-electron chi connectivity index (χ3n) is 1.27. The minimum Gasteiger partial charge on any atom is -0.486 e. The Morgan fingerprint density at radius 2 is 1.91 bits per heavy atom. The molecule has 0 aliphatic heterocycles. The molecule has 0 aliphatic carbocycles. The maximum absolute atomic E-state index is 4.93. The number of methoxy groups -OCH3 is 1. The summed E-state index contributed by atoms with van der Waals surface area (Å²) in [7, 11) is 1.57. The molecule has 3 heteroatoms. The van der Waals surface area contributed by atoms with Gasteiger partial charge in [-0.2, -0.15) is 0 Å². The van der Waals surface area contributed by atoms with Gasteiger partial charge in [-0.05, 0) is 36.5 Å². The lowest BCUT2D eigenvalue weighted by atomic mass is 10.2. The first-order valence-corrected chi connectivity index (χ1v) is 4.28. The van der Waals surface area contributed by atoms with Gasteiger partial charge in [-0.1, -0.05) is 15.9 Å². The Bertz CT molecular complexity index is 255. The minimum atomic E-state index is 0.525. The van der Waals surface area contributed by atoms with Crippen LogP contribution in [0.3, 0.4) is 0 Å². The van der Waals surface area contributed by atoms with E-state index < -0.39 is 0 Å². The second-order valence-corrected chi connectivity index (χ2v) is 3.28. The fraction of sp³-hybridized carbons (Fsp3) is 0.125. The molecular weight excluding hydrogens is 224 g/mol. The summed E-state index contributed by atoms with van der Waals surface area (Å²) in [6, 6.07) is 7.69. The molecule has 0 aromatic heterocycles. The maximum Gasteiger partial charge on any atom is 0.190 e. The van der Waals surface area contributed by atoms with Crippen LogP contribution in [0.2, 0.25) is 0 Å². The van der Waals surface area contributed by atoms with Crippen molar-refractivity contribution in [3.05, 3.63) is 34.3 Å². The van der Waals surface area contributed by atoms with Gasteiger partial charge in [-0.15, -0.1) is 0 Å². The van der Waals surface area contributed by atoms with Crippen molar-refractivity contribution in [1.82, 2.24) is 0 Å². The van der Waals surface area contributed by atoms with E-state index >= 15 is 0 Å². The summed E-state index contributed by atoms with van der Waals surface area (Å²) in [6.45, 7) is 0. The van der Waals surface area contributed by atoms with E-state index in [9.17, 15) is 0 Å². The number of halogens is 1. The zero-order valence-electron chi connectivity index (χ0n) is 6.00. The molecule has 1 aromatic carbocycles. The number of thiocarbonyl (C=S) groups is 1. The predicted molar refractivity (Wildman–Crippen MR) is 52.9 cm³/mol. The average Bonchev–Trinajstić information content (AvgIpc) is 2.05. The van der Waals surface area contributed by atoms with E-state index in [1.807, 2.05) is 24.3 Å². The zero-order valence-corrected chi connectivity index (χ0v) is 8.41. The van der Waals surface area contributed by atoms with Gasteiger partial charge in [-0.25, -0.2) is 0 Å². The van der Waals surface area contributed by atoms with Gasteiger partial charge in [0, 0.05) is 10.0 Å². The molecule has 1 nitrogen and oxygen atoms in total. The molecular formula is C8H7BrOS. The van der Waals surface area contributed by atoms with E-state index in [1.54, 1.807) is 7.11 Å². The van der Waals surface area contributed by atoms with E-state index in [-0.39, 0.29) is 0 Å². The average molecular weight is 231 g/mol. The largest absolute Gasteiger partial charge is 0.486 e. The molecule has 0 radical (unpaired) electrons. The minimum absolute atomic E-state index is 0.525. The second-order valence-electron chi connectivity index (χ2n) is 2.00. The van der Waals surface area contributed by atoms with Crippen molar-refractivity contribution in [1.29, 1.82) is 0 Å². The van der Waals surface area contributed by atoms with Gasteiger partial charge >= 0.3 is 0 Å². The molecule has 0 N–H and O–H groups in total. The molecule has 1 aromatic rings. The van der Waals surface area contributed by atoms with Gasteiger partial charge in [0.1, 0.15) is 0 Å². The van der Waals surface area contributed by atoms with Crippen molar-refractivity contribution in [3.8, 4) is 0 Å². The first-order chi connectivity index (χ1) is 5.24. The van der Waals surface area contributed by atoms with Gasteiger partial charge in [0.2, 0.25) is 0 Å². The van der Waals surface area contributed by atoms with Crippen LogP contribution in [0.1, 0.15) is 5.56 Å².